The number of nitrogens with one attached hydrogen (secondary N) is 7. The highest BCUT2D eigenvalue weighted by Gasteiger charge is 2.35. The minimum atomic E-state index is -1.36. The van der Waals surface area contributed by atoms with E-state index in [1.54, 1.807) is 62.3 Å². The highest BCUT2D eigenvalue weighted by Crippen LogP contribution is 2.15. The van der Waals surface area contributed by atoms with Crippen molar-refractivity contribution >= 4 is 36.2 Å². The molecule has 8 N–H and O–H groups in total. The van der Waals surface area contributed by atoms with E-state index in [9.17, 15) is 33.9 Å². The number of carbonyl (C=O) groups is 6. The van der Waals surface area contributed by atoms with Crippen molar-refractivity contribution in [2.45, 2.75) is 136 Å². The summed E-state index contributed by atoms with van der Waals surface area (Å²) >= 11 is 0. The van der Waals surface area contributed by atoms with E-state index in [0.717, 1.165) is 0 Å². The molecule has 0 radical (unpaired) electrons. The van der Waals surface area contributed by atoms with E-state index >= 15 is 0 Å². The van der Waals surface area contributed by atoms with Gasteiger partial charge in [0, 0.05) is 57.9 Å². The second-order valence-electron chi connectivity index (χ2n) is 18.8. The molecule has 0 spiro atoms. The first-order valence-corrected chi connectivity index (χ1v) is 22.8. The fourth-order valence-corrected chi connectivity index (χ4v) is 5.53. The van der Waals surface area contributed by atoms with E-state index in [2.05, 4.69) is 37.2 Å². The molecule has 2 unspecified atom stereocenters. The smallest absolute Gasteiger partial charge is 0.407 e. The molecule has 21 heteroatoms. The molecule has 0 aromatic heterocycles. The van der Waals surface area contributed by atoms with E-state index in [1.807, 2.05) is 24.3 Å². The zero-order chi connectivity index (χ0) is 49.5. The summed E-state index contributed by atoms with van der Waals surface area (Å²) in [5.41, 5.74) is -3.22. The van der Waals surface area contributed by atoms with Crippen LogP contribution in [0, 0.1) is 5.92 Å². The summed E-state index contributed by atoms with van der Waals surface area (Å²) in [7, 11) is 0. The molecule has 6 amide bonds. The molecule has 0 bridgehead atoms. The summed E-state index contributed by atoms with van der Waals surface area (Å²) in [6.07, 6.45) is 6.73. The Morgan fingerprint density at radius 1 is 0.576 bits per heavy atom. The SMILES string of the molecule is CC(C)(C)OC(=O)NCCCNC(=O)CCOCC(COCCC(=O)NCCCNC(=O)OC(C)(C)C)(COCCC(O)NCCCNC(=O)OC(C)(C)C)NC(=O)OCC1C=CC=CC1. The molecule has 0 aliphatic heterocycles. The fourth-order valence-electron chi connectivity index (χ4n) is 5.53. The highest BCUT2D eigenvalue weighted by atomic mass is 16.6. The summed E-state index contributed by atoms with van der Waals surface area (Å²) in [6, 6.07) is 0. The van der Waals surface area contributed by atoms with Gasteiger partial charge in [-0.2, -0.15) is 0 Å². The molecule has 0 aromatic carbocycles. The predicted octanol–water partition coefficient (Wildman–Crippen LogP) is 3.69. The van der Waals surface area contributed by atoms with Gasteiger partial charge in [0.2, 0.25) is 11.8 Å². The van der Waals surface area contributed by atoms with Gasteiger partial charge < -0.3 is 70.2 Å². The molecule has 2 atom stereocenters. The van der Waals surface area contributed by atoms with Gasteiger partial charge in [-0.15, -0.1) is 0 Å². The average Bonchev–Trinajstić information content (AvgIpc) is 3.20. The quantitative estimate of drug-likeness (QED) is 0.0280. The number of carbonyl (C=O) groups excluding carboxylic acids is 6. The van der Waals surface area contributed by atoms with E-state index in [0.29, 0.717) is 65.0 Å². The summed E-state index contributed by atoms with van der Waals surface area (Å²) in [4.78, 5) is 74.2. The molecule has 1 aliphatic carbocycles. The normalized spacial score (nSPS) is 14.4. The maximum atomic E-state index is 13.3. The molecule has 66 heavy (non-hydrogen) atoms. The van der Waals surface area contributed by atoms with Gasteiger partial charge in [0.1, 0.15) is 28.6 Å². The van der Waals surface area contributed by atoms with E-state index in [-0.39, 0.29) is 83.2 Å². The van der Waals surface area contributed by atoms with E-state index in [1.165, 1.54) is 0 Å². The number of amides is 6. The van der Waals surface area contributed by atoms with Gasteiger partial charge in [-0.25, -0.2) is 19.2 Å². The van der Waals surface area contributed by atoms with Crippen LogP contribution in [0.3, 0.4) is 0 Å². The summed E-state index contributed by atoms with van der Waals surface area (Å²) < 4.78 is 39.2. The van der Waals surface area contributed by atoms with Crippen LogP contribution in [0.5, 0.6) is 0 Å². The Kier molecular flexibility index (Phi) is 28.8. The molecule has 1 rings (SSSR count). The van der Waals surface area contributed by atoms with Crippen molar-refractivity contribution in [1.29, 1.82) is 0 Å². The van der Waals surface area contributed by atoms with Gasteiger partial charge in [0.25, 0.3) is 0 Å². The molecular weight excluding hydrogens is 863 g/mol. The first-order chi connectivity index (χ1) is 31.0. The lowest BCUT2D eigenvalue weighted by Crippen LogP contribution is -2.59. The lowest BCUT2D eigenvalue weighted by atomic mass is 10.0. The zero-order valence-electron chi connectivity index (χ0n) is 40.9. The monoisotopic (exact) mass is 944 g/mol. The Labute approximate surface area is 391 Å². The van der Waals surface area contributed by atoms with Crippen molar-refractivity contribution in [3.63, 3.8) is 0 Å². The molecule has 0 saturated heterocycles. The van der Waals surface area contributed by atoms with Crippen LogP contribution < -0.4 is 37.2 Å². The van der Waals surface area contributed by atoms with Crippen LogP contribution in [0.25, 0.3) is 0 Å². The Morgan fingerprint density at radius 2 is 1.00 bits per heavy atom. The first kappa shape index (κ1) is 59.3. The van der Waals surface area contributed by atoms with Crippen molar-refractivity contribution < 1.29 is 67.0 Å². The second kappa shape index (κ2) is 32.1. The molecule has 1 aliphatic rings. The van der Waals surface area contributed by atoms with Gasteiger partial charge in [-0.1, -0.05) is 24.3 Å². The van der Waals surface area contributed by atoms with Crippen molar-refractivity contribution in [1.82, 2.24) is 37.2 Å². The van der Waals surface area contributed by atoms with Crippen LogP contribution in [0.15, 0.2) is 24.3 Å². The van der Waals surface area contributed by atoms with Crippen molar-refractivity contribution in [3.05, 3.63) is 24.3 Å². The zero-order valence-corrected chi connectivity index (χ0v) is 40.9. The second-order valence-corrected chi connectivity index (χ2v) is 18.8. The third kappa shape index (κ3) is 34.6. The minimum absolute atomic E-state index is 0.0120. The Hall–Kier alpha value is -4.70. The number of rotatable bonds is 31. The predicted molar refractivity (Wildman–Crippen MR) is 246 cm³/mol. The maximum Gasteiger partial charge on any atom is 0.407 e. The average molecular weight is 944 g/mol. The van der Waals surface area contributed by atoms with E-state index in [4.69, 9.17) is 33.2 Å². The van der Waals surface area contributed by atoms with Crippen molar-refractivity contribution in [3.8, 4) is 0 Å². The third-order valence-corrected chi connectivity index (χ3v) is 8.57. The highest BCUT2D eigenvalue weighted by molar-refractivity contribution is 5.76. The number of allylic oxidation sites excluding steroid dienone is 3. The summed E-state index contributed by atoms with van der Waals surface area (Å²) in [6.45, 7) is 17.5. The molecular formula is C45H81N7O14. The van der Waals surface area contributed by atoms with E-state index < -0.39 is 52.9 Å². The van der Waals surface area contributed by atoms with Crippen LogP contribution in [-0.2, 0) is 42.7 Å². The van der Waals surface area contributed by atoms with Gasteiger partial charge in [-0.3, -0.25) is 14.9 Å². The maximum absolute atomic E-state index is 13.3. The molecule has 0 saturated carbocycles. The third-order valence-electron chi connectivity index (χ3n) is 8.57. The lowest BCUT2D eigenvalue weighted by molar-refractivity contribution is -0.122. The Balaban J connectivity index is 2.88. The number of hydrogen-bond acceptors (Lipinski definition) is 15. The standard InChI is InChI=1S/C45H81N7O14/c1-42(2,3)64-38(56)49-24-13-21-46-35(53)18-27-60-31-45(52-41(59)63-30-34-16-11-10-12-17-34,32-61-28-19-36(54)47-22-14-25-50-39(57)65-43(4,5)6)33-62-29-20-37(55)48-23-15-26-51-40(58)66-44(7,8)9/h10-12,16,34-35,46,53H,13-15,17-33H2,1-9H3,(H,47,54)(H,48,55)(H,49,56)(H,50,57)(H,51,58)(H,52,59). The first-order valence-electron chi connectivity index (χ1n) is 22.8. The summed E-state index contributed by atoms with van der Waals surface area (Å²) in [5.74, 6) is -0.596. The fraction of sp³-hybridized carbons (Fsp3) is 0.778. The molecule has 0 fully saturated rings. The van der Waals surface area contributed by atoms with Crippen LogP contribution >= 0.6 is 0 Å². The minimum Gasteiger partial charge on any atom is -0.449 e. The number of aliphatic hydroxyl groups is 1. The largest absolute Gasteiger partial charge is 0.449 e. The lowest BCUT2D eigenvalue weighted by Gasteiger charge is -2.34. The van der Waals surface area contributed by atoms with Crippen molar-refractivity contribution in [2.75, 3.05) is 85.5 Å². The van der Waals surface area contributed by atoms with Crippen LogP contribution in [-0.4, -0.2) is 155 Å². The molecule has 0 heterocycles. The van der Waals surface area contributed by atoms with Crippen LogP contribution in [0.2, 0.25) is 0 Å². The van der Waals surface area contributed by atoms with Crippen LogP contribution in [0.1, 0.15) is 107 Å². The molecule has 380 valence electrons. The van der Waals surface area contributed by atoms with Gasteiger partial charge in [-0.05, 0) is 94.5 Å². The number of ether oxygens (including phenoxy) is 7. The van der Waals surface area contributed by atoms with Gasteiger partial charge in [0.05, 0.1) is 46.2 Å². The Bertz CT molecular complexity index is 1450. The van der Waals surface area contributed by atoms with Gasteiger partial charge in [0.15, 0.2) is 0 Å². The van der Waals surface area contributed by atoms with Crippen molar-refractivity contribution in [2.24, 2.45) is 5.92 Å². The van der Waals surface area contributed by atoms with Crippen LogP contribution in [0.4, 0.5) is 19.2 Å². The molecule has 0 aromatic rings. The Morgan fingerprint density at radius 3 is 1.42 bits per heavy atom. The topological polar surface area (TPSA) is 271 Å². The number of hydrogen-bond donors (Lipinski definition) is 8. The number of aliphatic hydroxyl groups excluding tert-OH is 1. The van der Waals surface area contributed by atoms with Gasteiger partial charge >= 0.3 is 24.4 Å². The molecule has 21 nitrogen and oxygen atoms in total. The summed E-state index contributed by atoms with van der Waals surface area (Å²) in [5, 5.41) is 29.9. The number of alkyl carbamates (subject to hydrolysis) is 4.